The Morgan fingerprint density at radius 1 is 1.41 bits per heavy atom. The van der Waals surface area contributed by atoms with Crippen molar-refractivity contribution in [3.8, 4) is 0 Å². The molecule has 0 aromatic carbocycles. The zero-order valence-corrected chi connectivity index (χ0v) is 15.8. The van der Waals surface area contributed by atoms with Crippen molar-refractivity contribution in [2.75, 3.05) is 6.61 Å². The topological polar surface area (TPSA) is 167 Å². The van der Waals surface area contributed by atoms with Crippen molar-refractivity contribution in [3.63, 3.8) is 0 Å². The molecule has 0 saturated carbocycles. The molecule has 150 valence electrons. The summed E-state index contributed by atoms with van der Waals surface area (Å²) in [4.78, 5) is 28.8. The van der Waals surface area contributed by atoms with Gasteiger partial charge in [-0.1, -0.05) is 0 Å². The summed E-state index contributed by atoms with van der Waals surface area (Å²) in [6, 6.07) is 1.75. The van der Waals surface area contributed by atoms with E-state index in [1.807, 2.05) is 0 Å². The molecule has 1 saturated heterocycles. The lowest BCUT2D eigenvalue weighted by molar-refractivity contribution is -0.0540. The predicted molar refractivity (Wildman–Crippen MR) is 93.1 cm³/mol. The first kappa shape index (κ1) is 20.2. The molecule has 27 heavy (non-hydrogen) atoms. The van der Waals surface area contributed by atoms with Crippen molar-refractivity contribution in [1.29, 1.82) is 0 Å². The SMILES string of the molecule is Cc1cc2cn(C3O[C@H](COP(=O)(O)C(C)(C)O)[C@@H](O)[C@H]3O)c(=O)nc2[nH]1. The Morgan fingerprint density at radius 3 is 2.70 bits per heavy atom. The molecule has 0 amide bonds. The van der Waals surface area contributed by atoms with Gasteiger partial charge >= 0.3 is 13.3 Å². The van der Waals surface area contributed by atoms with Crippen LogP contribution in [0.5, 0.6) is 0 Å². The maximum atomic E-state index is 12.2. The monoisotopic (exact) mass is 403 g/mol. The molecular weight excluding hydrogens is 381 g/mol. The van der Waals surface area contributed by atoms with E-state index in [9.17, 15) is 29.6 Å². The molecule has 2 aromatic heterocycles. The summed E-state index contributed by atoms with van der Waals surface area (Å²) in [5, 5.41) is 28.7. The first-order valence-electron chi connectivity index (χ1n) is 8.20. The van der Waals surface area contributed by atoms with Gasteiger partial charge in [-0.2, -0.15) is 4.98 Å². The molecule has 3 rings (SSSR count). The highest BCUT2D eigenvalue weighted by Crippen LogP contribution is 2.53. The zero-order valence-electron chi connectivity index (χ0n) is 14.9. The van der Waals surface area contributed by atoms with Gasteiger partial charge in [0.1, 0.15) is 24.0 Å². The number of H-pyrrole nitrogens is 1. The van der Waals surface area contributed by atoms with Crippen molar-refractivity contribution < 1.29 is 34.0 Å². The van der Waals surface area contributed by atoms with Gasteiger partial charge < -0.3 is 34.5 Å². The highest BCUT2D eigenvalue weighted by Gasteiger charge is 2.46. The molecule has 1 aliphatic heterocycles. The minimum atomic E-state index is -4.41. The highest BCUT2D eigenvalue weighted by atomic mass is 31.2. The number of aromatic amines is 1. The third-order valence-electron chi connectivity index (χ3n) is 4.38. The molecule has 5 atom stereocenters. The van der Waals surface area contributed by atoms with Crippen LogP contribution in [0.4, 0.5) is 0 Å². The summed E-state index contributed by atoms with van der Waals surface area (Å²) >= 11 is 0. The van der Waals surface area contributed by atoms with Gasteiger partial charge in [0.2, 0.25) is 0 Å². The molecule has 2 unspecified atom stereocenters. The zero-order chi connectivity index (χ0) is 20.1. The molecule has 11 nitrogen and oxygen atoms in total. The fraction of sp³-hybridized carbons (Fsp3) is 0.600. The molecule has 5 N–H and O–H groups in total. The molecule has 0 bridgehead atoms. The third kappa shape index (κ3) is 3.72. The number of aromatic nitrogens is 3. The lowest BCUT2D eigenvalue weighted by Gasteiger charge is -2.25. The summed E-state index contributed by atoms with van der Waals surface area (Å²) < 4.78 is 23.3. The van der Waals surface area contributed by atoms with Crippen LogP contribution in [0.15, 0.2) is 17.1 Å². The van der Waals surface area contributed by atoms with Crippen LogP contribution in [0, 0.1) is 6.92 Å². The average molecular weight is 403 g/mol. The molecule has 0 aliphatic carbocycles. The van der Waals surface area contributed by atoms with Gasteiger partial charge in [-0.05, 0) is 26.8 Å². The Labute approximate surface area is 153 Å². The van der Waals surface area contributed by atoms with Crippen LogP contribution in [-0.4, -0.2) is 65.0 Å². The van der Waals surface area contributed by atoms with Crippen molar-refractivity contribution in [2.24, 2.45) is 0 Å². The normalized spacial score (nSPS) is 28.6. The number of hydrogen-bond donors (Lipinski definition) is 5. The van der Waals surface area contributed by atoms with Crippen LogP contribution in [0.3, 0.4) is 0 Å². The van der Waals surface area contributed by atoms with Gasteiger partial charge in [-0.15, -0.1) is 0 Å². The fourth-order valence-electron chi connectivity index (χ4n) is 2.76. The summed E-state index contributed by atoms with van der Waals surface area (Å²) in [6.45, 7) is 3.44. The first-order chi connectivity index (χ1) is 12.4. The Bertz CT molecular complexity index is 949. The summed E-state index contributed by atoms with van der Waals surface area (Å²) in [6.07, 6.45) is -3.98. The molecule has 0 spiro atoms. The Hall–Kier alpha value is -1.59. The maximum Gasteiger partial charge on any atom is 0.358 e. The lowest BCUT2D eigenvalue weighted by atomic mass is 10.1. The molecule has 3 heterocycles. The molecule has 12 heteroatoms. The van der Waals surface area contributed by atoms with Gasteiger partial charge in [-0.3, -0.25) is 9.13 Å². The number of nitrogens with one attached hydrogen (secondary N) is 1. The number of aliphatic hydroxyl groups is 3. The van der Waals surface area contributed by atoms with Crippen LogP contribution >= 0.6 is 7.60 Å². The molecular formula is C15H22N3O8P. The standard InChI is InChI=1S/C15H22N3O8P/c1-7-4-8-5-18(14(21)17-12(8)16-7)13-11(20)10(19)9(26-13)6-25-27(23,24)15(2,3)22/h4-5,9-11,13,19-20,22H,6H2,1-3H3,(H,23,24)(H,16,17,21)/t9-,10-,11-,13?/m1/s1. The smallest absolute Gasteiger partial charge is 0.358 e. The van der Waals surface area contributed by atoms with E-state index in [-0.39, 0.29) is 0 Å². The number of rotatable bonds is 5. The Balaban J connectivity index is 1.82. The van der Waals surface area contributed by atoms with Crippen molar-refractivity contribution >= 4 is 18.6 Å². The van der Waals surface area contributed by atoms with E-state index in [1.54, 1.807) is 13.0 Å². The van der Waals surface area contributed by atoms with E-state index in [1.165, 1.54) is 6.20 Å². The second kappa shape index (κ2) is 6.78. The number of aliphatic hydroxyl groups excluding tert-OH is 2. The molecule has 2 aromatic rings. The first-order valence-corrected chi connectivity index (χ1v) is 9.78. The van der Waals surface area contributed by atoms with E-state index in [2.05, 4.69) is 9.97 Å². The van der Waals surface area contributed by atoms with Crippen LogP contribution in [-0.2, 0) is 13.8 Å². The maximum absolute atomic E-state index is 12.2. The van der Waals surface area contributed by atoms with E-state index in [0.29, 0.717) is 11.0 Å². The lowest BCUT2D eigenvalue weighted by Crippen LogP contribution is -2.36. The van der Waals surface area contributed by atoms with Crippen molar-refractivity contribution in [3.05, 3.63) is 28.4 Å². The van der Waals surface area contributed by atoms with Crippen molar-refractivity contribution in [2.45, 2.75) is 50.7 Å². The van der Waals surface area contributed by atoms with Gasteiger partial charge in [0.05, 0.1) is 6.61 Å². The van der Waals surface area contributed by atoms with E-state index < -0.39 is 49.8 Å². The van der Waals surface area contributed by atoms with Gasteiger partial charge in [0.25, 0.3) is 0 Å². The number of fused-ring (bicyclic) bond motifs is 1. The third-order valence-corrected chi connectivity index (χ3v) is 6.27. The average Bonchev–Trinajstić information content (AvgIpc) is 3.03. The molecule has 1 fully saturated rings. The molecule has 1 aliphatic rings. The summed E-state index contributed by atoms with van der Waals surface area (Å²) in [5.41, 5.74) is 0.471. The number of nitrogens with zero attached hydrogens (tertiary/aromatic N) is 2. The fourth-order valence-corrected chi connectivity index (χ4v) is 3.42. The minimum absolute atomic E-state index is 0.382. The minimum Gasteiger partial charge on any atom is -0.387 e. The predicted octanol–water partition coefficient (Wildman–Crippen LogP) is -0.417. The summed E-state index contributed by atoms with van der Waals surface area (Å²) in [7, 11) is -4.41. The van der Waals surface area contributed by atoms with Crippen LogP contribution in [0.2, 0.25) is 0 Å². The quantitative estimate of drug-likeness (QED) is 0.417. The van der Waals surface area contributed by atoms with Gasteiger partial charge in [-0.25, -0.2) is 4.79 Å². The van der Waals surface area contributed by atoms with E-state index >= 15 is 0 Å². The van der Waals surface area contributed by atoms with Gasteiger partial charge in [0, 0.05) is 17.3 Å². The van der Waals surface area contributed by atoms with E-state index in [0.717, 1.165) is 24.1 Å². The second-order valence-electron chi connectivity index (χ2n) is 7.04. The Morgan fingerprint density at radius 2 is 2.07 bits per heavy atom. The largest absolute Gasteiger partial charge is 0.387 e. The number of hydrogen-bond acceptors (Lipinski definition) is 8. The number of aryl methyl sites for hydroxylation is 1. The molecule has 0 radical (unpaired) electrons. The van der Waals surface area contributed by atoms with Crippen LogP contribution in [0.25, 0.3) is 11.0 Å². The van der Waals surface area contributed by atoms with Crippen molar-refractivity contribution in [1.82, 2.24) is 14.5 Å². The van der Waals surface area contributed by atoms with Crippen LogP contribution < -0.4 is 5.69 Å². The van der Waals surface area contributed by atoms with E-state index in [4.69, 9.17) is 9.26 Å². The van der Waals surface area contributed by atoms with Gasteiger partial charge in [0.15, 0.2) is 11.6 Å². The van der Waals surface area contributed by atoms with Crippen LogP contribution in [0.1, 0.15) is 25.8 Å². The number of ether oxygens (including phenoxy) is 1. The highest BCUT2D eigenvalue weighted by molar-refractivity contribution is 7.54. The Kier molecular flexibility index (Phi) is 5.06. The summed E-state index contributed by atoms with van der Waals surface area (Å²) in [5.74, 6) is 0. The second-order valence-corrected chi connectivity index (χ2v) is 9.44.